The van der Waals surface area contributed by atoms with Crippen LogP contribution in [0.25, 0.3) is 0 Å². The molecule has 176 valence electrons. The Bertz CT molecular complexity index is 1090. The molecule has 1 amide bonds. The molecule has 0 bridgehead atoms. The van der Waals surface area contributed by atoms with Crippen LogP contribution >= 0.6 is 23.6 Å². The average molecular weight is 485 g/mol. The smallest absolute Gasteiger partial charge is 0.225 e. The van der Waals surface area contributed by atoms with Crippen LogP contribution in [0.1, 0.15) is 68.7 Å². The van der Waals surface area contributed by atoms with Crippen molar-refractivity contribution < 1.29 is 14.3 Å². The van der Waals surface area contributed by atoms with Gasteiger partial charge in [0.05, 0.1) is 22.6 Å². The zero-order valence-electron chi connectivity index (χ0n) is 19.7. The first-order valence-corrected chi connectivity index (χ1v) is 13.0. The van der Waals surface area contributed by atoms with Crippen LogP contribution in [0.15, 0.2) is 18.2 Å². The van der Waals surface area contributed by atoms with Crippen LogP contribution in [-0.4, -0.2) is 19.1 Å². The summed E-state index contributed by atoms with van der Waals surface area (Å²) in [5.74, 6) is 1.89. The average Bonchev–Trinajstić information content (AvgIpc) is 2.80. The second-order valence-corrected chi connectivity index (χ2v) is 10.2. The number of fused-ring (bicyclic) bond motifs is 1. The van der Waals surface area contributed by atoms with Gasteiger partial charge in [0.2, 0.25) is 5.91 Å². The van der Waals surface area contributed by atoms with Gasteiger partial charge in [-0.3, -0.25) is 4.79 Å². The normalized spacial score (nSPS) is 14.8. The van der Waals surface area contributed by atoms with Crippen LogP contribution in [0.3, 0.4) is 0 Å². The molecule has 0 saturated heterocycles. The lowest BCUT2D eigenvalue weighted by atomic mass is 9.85. The van der Waals surface area contributed by atoms with Gasteiger partial charge in [-0.2, -0.15) is 5.26 Å². The molecule has 1 N–H and O–H groups in total. The lowest BCUT2D eigenvalue weighted by molar-refractivity contribution is -0.116. The number of rotatable bonds is 10. The van der Waals surface area contributed by atoms with Gasteiger partial charge >= 0.3 is 0 Å². The molecule has 1 heterocycles. The molecule has 1 aliphatic rings. The monoisotopic (exact) mass is 484 g/mol. The summed E-state index contributed by atoms with van der Waals surface area (Å²) >= 11 is 6.94. The Morgan fingerprint density at radius 3 is 2.82 bits per heavy atom. The second kappa shape index (κ2) is 12.2. The number of carbonyl (C=O) groups is 1. The Morgan fingerprint density at radius 2 is 2.09 bits per heavy atom. The van der Waals surface area contributed by atoms with Crippen LogP contribution in [-0.2, 0) is 24.1 Å². The fraction of sp³-hybridized carbons (Fsp3) is 0.500. The predicted octanol–water partition coefficient (Wildman–Crippen LogP) is 6.62. The molecule has 5 nitrogen and oxygen atoms in total. The van der Waals surface area contributed by atoms with E-state index >= 15 is 0 Å². The molecule has 0 saturated carbocycles. The van der Waals surface area contributed by atoms with E-state index in [1.54, 1.807) is 0 Å². The van der Waals surface area contributed by atoms with E-state index in [1.807, 2.05) is 25.1 Å². The number of nitriles is 1. The third-order valence-electron chi connectivity index (χ3n) is 5.84. The van der Waals surface area contributed by atoms with E-state index in [9.17, 15) is 10.1 Å². The quantitative estimate of drug-likeness (QED) is 0.303. The highest BCUT2D eigenvalue weighted by Gasteiger charge is 2.23. The third-order valence-corrected chi connectivity index (χ3v) is 7.28. The molecule has 0 spiro atoms. The molecule has 7 heteroatoms. The Labute approximate surface area is 205 Å². The van der Waals surface area contributed by atoms with Crippen LogP contribution in [0, 0.1) is 21.1 Å². The van der Waals surface area contributed by atoms with Gasteiger partial charge < -0.3 is 14.8 Å². The molecule has 1 aromatic carbocycles. The molecule has 1 aliphatic carbocycles. The summed E-state index contributed by atoms with van der Waals surface area (Å²) < 4.78 is 12.4. The molecule has 1 aromatic heterocycles. The lowest BCUT2D eigenvalue weighted by Gasteiger charge is -2.23. The Kier molecular flexibility index (Phi) is 9.28. The minimum Gasteiger partial charge on any atom is -0.490 e. The Hall–Kier alpha value is -2.43. The maximum atomic E-state index is 12.7. The zero-order chi connectivity index (χ0) is 23.8. The second-order valence-electron chi connectivity index (χ2n) is 8.47. The van der Waals surface area contributed by atoms with Crippen molar-refractivity contribution >= 4 is 34.5 Å². The minimum atomic E-state index is -0.123. The van der Waals surface area contributed by atoms with Crippen molar-refractivity contribution in [1.82, 2.24) is 0 Å². The maximum Gasteiger partial charge on any atom is 0.225 e. The van der Waals surface area contributed by atoms with E-state index in [0.717, 1.165) is 58.4 Å². The van der Waals surface area contributed by atoms with Crippen LogP contribution in [0.5, 0.6) is 11.5 Å². The molecule has 2 aromatic rings. The number of hydrogen-bond acceptors (Lipinski definition) is 6. The molecular formula is C26H32N2O3S2. The van der Waals surface area contributed by atoms with Gasteiger partial charge in [-0.25, -0.2) is 0 Å². The zero-order valence-corrected chi connectivity index (χ0v) is 21.3. The van der Waals surface area contributed by atoms with E-state index in [4.69, 9.17) is 21.7 Å². The first-order valence-electron chi connectivity index (χ1n) is 11.7. The molecule has 0 fully saturated rings. The highest BCUT2D eigenvalue weighted by Crippen LogP contribution is 2.36. The topological polar surface area (TPSA) is 71.3 Å². The van der Waals surface area contributed by atoms with E-state index in [1.165, 1.54) is 11.3 Å². The Morgan fingerprint density at radius 1 is 1.27 bits per heavy atom. The van der Waals surface area contributed by atoms with Gasteiger partial charge in [0.15, 0.2) is 11.5 Å². The summed E-state index contributed by atoms with van der Waals surface area (Å²) in [5, 5.41) is 13.3. The molecule has 1 unspecified atom stereocenters. The van der Waals surface area contributed by atoms with Gasteiger partial charge in [-0.1, -0.05) is 38.6 Å². The van der Waals surface area contributed by atoms with Gasteiger partial charge in [-0.05, 0) is 73.8 Å². The minimum absolute atomic E-state index is 0.123. The van der Waals surface area contributed by atoms with Crippen molar-refractivity contribution in [2.75, 3.05) is 18.5 Å². The fourth-order valence-corrected chi connectivity index (χ4v) is 5.42. The fourth-order valence-electron chi connectivity index (χ4n) is 4.02. The highest BCUT2D eigenvalue weighted by molar-refractivity contribution is 7.73. The number of carbonyl (C=O) groups excluding carboxylic acids is 1. The number of hydrogen-bond donors (Lipinski definition) is 1. The highest BCUT2D eigenvalue weighted by atomic mass is 32.1. The SMILES string of the molecule is CCCCOc1ccc(CCC(=O)Nc2sc(=S)c3c(c2C#N)CCC(C)C3)cc1OCC. The van der Waals surface area contributed by atoms with Gasteiger partial charge in [0.1, 0.15) is 11.1 Å². The van der Waals surface area contributed by atoms with Crippen molar-refractivity contribution in [3.05, 3.63) is 44.3 Å². The van der Waals surface area contributed by atoms with Crippen molar-refractivity contribution in [3.8, 4) is 17.6 Å². The molecular weight excluding hydrogens is 452 g/mol. The standard InChI is InChI=1S/C26H32N2O3S2/c1-4-6-13-31-22-11-8-18(15-23(22)30-5-2)9-12-24(29)28-25-21(16-27)19-10-7-17(3)14-20(19)26(32)33-25/h8,11,15,17H,4-7,9-10,12-14H2,1-3H3,(H,28,29). The molecule has 33 heavy (non-hydrogen) atoms. The number of benzene rings is 1. The number of nitrogens with zero attached hydrogens (tertiary/aromatic N) is 1. The van der Waals surface area contributed by atoms with Gasteiger partial charge in [-0.15, -0.1) is 11.3 Å². The third kappa shape index (κ3) is 6.55. The summed E-state index contributed by atoms with van der Waals surface area (Å²) in [4.78, 5) is 12.7. The van der Waals surface area contributed by atoms with Crippen LogP contribution in [0.4, 0.5) is 5.00 Å². The van der Waals surface area contributed by atoms with Gasteiger partial charge in [0, 0.05) is 6.42 Å². The van der Waals surface area contributed by atoms with Gasteiger partial charge in [0.25, 0.3) is 0 Å². The lowest BCUT2D eigenvalue weighted by Crippen LogP contribution is -2.17. The van der Waals surface area contributed by atoms with Crippen molar-refractivity contribution in [2.24, 2.45) is 5.92 Å². The van der Waals surface area contributed by atoms with E-state index in [-0.39, 0.29) is 5.91 Å². The van der Waals surface area contributed by atoms with E-state index in [2.05, 4.69) is 25.2 Å². The molecule has 0 radical (unpaired) electrons. The predicted molar refractivity (Wildman–Crippen MR) is 136 cm³/mol. The van der Waals surface area contributed by atoms with E-state index < -0.39 is 0 Å². The summed E-state index contributed by atoms with van der Waals surface area (Å²) in [6.45, 7) is 7.49. The number of nitrogens with one attached hydrogen (secondary N) is 1. The summed E-state index contributed by atoms with van der Waals surface area (Å²) in [7, 11) is 0. The summed E-state index contributed by atoms with van der Waals surface area (Å²) in [5.41, 5.74) is 3.72. The summed E-state index contributed by atoms with van der Waals surface area (Å²) in [6, 6.07) is 8.15. The first kappa shape index (κ1) is 25.2. The van der Waals surface area contributed by atoms with E-state index in [0.29, 0.717) is 48.3 Å². The van der Waals surface area contributed by atoms with Crippen molar-refractivity contribution in [2.45, 2.75) is 65.7 Å². The Balaban J connectivity index is 1.68. The number of amides is 1. The number of unbranched alkanes of at least 4 members (excludes halogenated alkanes) is 1. The molecule has 3 rings (SSSR count). The largest absolute Gasteiger partial charge is 0.490 e. The summed E-state index contributed by atoms with van der Waals surface area (Å²) in [6.07, 6.45) is 5.73. The van der Waals surface area contributed by atoms with Crippen molar-refractivity contribution in [3.63, 3.8) is 0 Å². The van der Waals surface area contributed by atoms with Crippen LogP contribution in [0.2, 0.25) is 0 Å². The first-order chi connectivity index (χ1) is 16.0. The van der Waals surface area contributed by atoms with Crippen molar-refractivity contribution in [1.29, 1.82) is 5.26 Å². The number of ether oxygens (including phenoxy) is 2. The molecule has 1 atom stereocenters. The number of aryl methyl sites for hydroxylation is 1. The van der Waals surface area contributed by atoms with Crippen LogP contribution < -0.4 is 14.8 Å². The number of anilines is 1. The maximum absolute atomic E-state index is 12.7. The molecule has 0 aliphatic heterocycles.